The average Bonchev–Trinajstić information content (AvgIpc) is 2.91. The predicted octanol–water partition coefficient (Wildman–Crippen LogP) is 4.13. The van der Waals surface area contributed by atoms with Crippen LogP contribution in [-0.2, 0) is 13.0 Å². The van der Waals surface area contributed by atoms with Crippen LogP contribution in [0.5, 0.6) is 0 Å². The molecule has 1 amide bonds. The van der Waals surface area contributed by atoms with Crippen LogP contribution >= 0.6 is 15.9 Å². The van der Waals surface area contributed by atoms with Crippen LogP contribution in [0.4, 0.5) is 0 Å². The monoisotopic (exact) mass is 354 g/mol. The molecule has 3 aromatic rings. The van der Waals surface area contributed by atoms with Gasteiger partial charge in [0.15, 0.2) is 0 Å². The molecular weight excluding hydrogens is 340 g/mol. The first kappa shape index (κ1) is 13.6. The summed E-state index contributed by atoms with van der Waals surface area (Å²) < 4.78 is 0.932. The maximum absolute atomic E-state index is 12.7. The molecule has 0 fully saturated rings. The van der Waals surface area contributed by atoms with Crippen molar-refractivity contribution in [3.8, 4) is 0 Å². The number of benzene rings is 2. The van der Waals surface area contributed by atoms with Crippen molar-refractivity contribution in [3.05, 3.63) is 69.8 Å². The zero-order valence-corrected chi connectivity index (χ0v) is 13.6. The van der Waals surface area contributed by atoms with Gasteiger partial charge in [-0.3, -0.25) is 4.79 Å². The molecule has 4 rings (SSSR count). The van der Waals surface area contributed by atoms with Crippen molar-refractivity contribution < 1.29 is 4.79 Å². The minimum absolute atomic E-state index is 0.0885. The number of nitrogens with one attached hydrogen (secondary N) is 1. The van der Waals surface area contributed by atoms with Gasteiger partial charge in [-0.05, 0) is 36.2 Å². The van der Waals surface area contributed by atoms with E-state index in [0.29, 0.717) is 6.54 Å². The van der Waals surface area contributed by atoms with Crippen molar-refractivity contribution in [3.63, 3.8) is 0 Å². The van der Waals surface area contributed by atoms with Crippen molar-refractivity contribution >= 4 is 32.7 Å². The quantitative estimate of drug-likeness (QED) is 0.700. The molecular formula is C18H15BrN2O. The summed E-state index contributed by atoms with van der Waals surface area (Å²) >= 11 is 3.43. The lowest BCUT2D eigenvalue weighted by Gasteiger charge is -2.27. The highest BCUT2D eigenvalue weighted by Gasteiger charge is 2.24. The number of rotatable bonds is 1. The number of carbonyl (C=O) groups is 1. The maximum atomic E-state index is 12.7. The molecule has 1 aliphatic rings. The van der Waals surface area contributed by atoms with E-state index in [-0.39, 0.29) is 5.91 Å². The van der Waals surface area contributed by atoms with E-state index >= 15 is 0 Å². The van der Waals surface area contributed by atoms with E-state index in [1.807, 2.05) is 35.2 Å². The average molecular weight is 355 g/mol. The van der Waals surface area contributed by atoms with E-state index in [4.69, 9.17) is 0 Å². The Bertz CT molecular complexity index is 868. The summed E-state index contributed by atoms with van der Waals surface area (Å²) in [4.78, 5) is 18.0. The van der Waals surface area contributed by atoms with Crippen molar-refractivity contribution in [1.82, 2.24) is 9.88 Å². The number of aromatic amines is 1. The number of amides is 1. The number of fused-ring (bicyclic) bond motifs is 3. The van der Waals surface area contributed by atoms with Crippen LogP contribution in [0.2, 0.25) is 0 Å². The molecule has 1 N–H and O–H groups in total. The minimum atomic E-state index is 0.0885. The zero-order chi connectivity index (χ0) is 15.1. The molecule has 0 radical (unpaired) electrons. The van der Waals surface area contributed by atoms with E-state index in [1.165, 1.54) is 10.9 Å². The fourth-order valence-corrected chi connectivity index (χ4v) is 3.57. The number of nitrogens with zero attached hydrogens (tertiary/aromatic N) is 1. The van der Waals surface area contributed by atoms with Gasteiger partial charge in [-0.2, -0.15) is 0 Å². The van der Waals surface area contributed by atoms with Crippen LogP contribution in [0.3, 0.4) is 0 Å². The smallest absolute Gasteiger partial charge is 0.254 e. The number of hydrogen-bond donors (Lipinski definition) is 1. The fourth-order valence-electron chi connectivity index (χ4n) is 3.17. The van der Waals surface area contributed by atoms with Crippen LogP contribution < -0.4 is 0 Å². The molecule has 0 spiro atoms. The Labute approximate surface area is 137 Å². The van der Waals surface area contributed by atoms with Gasteiger partial charge in [-0.25, -0.2) is 0 Å². The van der Waals surface area contributed by atoms with Gasteiger partial charge < -0.3 is 9.88 Å². The second-order valence-corrected chi connectivity index (χ2v) is 6.53. The van der Waals surface area contributed by atoms with Crippen LogP contribution in [0, 0.1) is 0 Å². The van der Waals surface area contributed by atoms with Gasteiger partial charge in [0.1, 0.15) is 0 Å². The van der Waals surface area contributed by atoms with Gasteiger partial charge in [0.05, 0.1) is 6.54 Å². The lowest BCUT2D eigenvalue weighted by atomic mass is 10.0. The summed E-state index contributed by atoms with van der Waals surface area (Å²) in [5, 5.41) is 1.28. The number of H-pyrrole nitrogens is 1. The van der Waals surface area contributed by atoms with Gasteiger partial charge in [0, 0.05) is 33.2 Å². The third-order valence-corrected chi connectivity index (χ3v) is 4.73. The summed E-state index contributed by atoms with van der Waals surface area (Å²) in [5.41, 5.74) is 4.41. The normalized spacial score (nSPS) is 14.1. The molecule has 0 saturated heterocycles. The number of aromatic nitrogens is 1. The van der Waals surface area contributed by atoms with Crippen LogP contribution in [0.1, 0.15) is 21.6 Å². The molecule has 0 atom stereocenters. The molecule has 2 aromatic carbocycles. The van der Waals surface area contributed by atoms with Crippen molar-refractivity contribution in [2.24, 2.45) is 0 Å². The lowest BCUT2D eigenvalue weighted by Crippen LogP contribution is -2.35. The van der Waals surface area contributed by atoms with Crippen molar-refractivity contribution in [2.75, 3.05) is 6.54 Å². The van der Waals surface area contributed by atoms with Gasteiger partial charge in [-0.1, -0.05) is 40.2 Å². The molecule has 4 heteroatoms. The Hall–Kier alpha value is -2.07. The highest BCUT2D eigenvalue weighted by Crippen LogP contribution is 2.28. The maximum Gasteiger partial charge on any atom is 0.254 e. The standard InChI is InChI=1S/C18H15BrN2O/c19-13-5-3-4-12(10-13)18(22)21-9-8-15-14-6-1-2-7-16(14)20-17(15)11-21/h1-7,10,20H,8-9,11H2. The molecule has 2 heterocycles. The number of halogens is 1. The molecule has 22 heavy (non-hydrogen) atoms. The topological polar surface area (TPSA) is 36.1 Å². The number of hydrogen-bond acceptors (Lipinski definition) is 1. The van der Waals surface area contributed by atoms with E-state index in [1.54, 1.807) is 0 Å². The van der Waals surface area contributed by atoms with Crippen molar-refractivity contribution in [2.45, 2.75) is 13.0 Å². The van der Waals surface area contributed by atoms with Gasteiger partial charge in [0.25, 0.3) is 5.91 Å². The Balaban J connectivity index is 1.65. The highest BCUT2D eigenvalue weighted by molar-refractivity contribution is 9.10. The van der Waals surface area contributed by atoms with Gasteiger partial charge in [0.2, 0.25) is 0 Å². The first-order valence-electron chi connectivity index (χ1n) is 7.35. The Morgan fingerprint density at radius 3 is 2.86 bits per heavy atom. The Kier molecular flexibility index (Phi) is 3.26. The first-order valence-corrected chi connectivity index (χ1v) is 8.15. The largest absolute Gasteiger partial charge is 0.357 e. The van der Waals surface area contributed by atoms with Gasteiger partial charge in [-0.15, -0.1) is 0 Å². The highest BCUT2D eigenvalue weighted by atomic mass is 79.9. The second-order valence-electron chi connectivity index (χ2n) is 5.61. The van der Waals surface area contributed by atoms with Crippen molar-refractivity contribution in [1.29, 1.82) is 0 Å². The fraction of sp³-hybridized carbons (Fsp3) is 0.167. The molecule has 0 unspecified atom stereocenters. The van der Waals surface area contributed by atoms with Crippen LogP contribution in [-0.4, -0.2) is 22.3 Å². The first-order chi connectivity index (χ1) is 10.7. The second kappa shape index (κ2) is 5.29. The van der Waals surface area contributed by atoms with E-state index < -0.39 is 0 Å². The Morgan fingerprint density at radius 2 is 2.00 bits per heavy atom. The third-order valence-electron chi connectivity index (χ3n) is 4.24. The molecule has 0 saturated carbocycles. The molecule has 1 aliphatic heterocycles. The number of carbonyl (C=O) groups excluding carboxylic acids is 1. The molecule has 1 aromatic heterocycles. The van der Waals surface area contributed by atoms with Gasteiger partial charge >= 0.3 is 0 Å². The summed E-state index contributed by atoms with van der Waals surface area (Å²) in [5.74, 6) is 0.0885. The summed E-state index contributed by atoms with van der Waals surface area (Å²) in [6.07, 6.45) is 0.902. The van der Waals surface area contributed by atoms with E-state index in [0.717, 1.165) is 34.2 Å². The summed E-state index contributed by atoms with van der Waals surface area (Å²) in [6, 6.07) is 15.9. The minimum Gasteiger partial charge on any atom is -0.357 e. The molecule has 110 valence electrons. The van der Waals surface area contributed by atoms with E-state index in [2.05, 4.69) is 39.1 Å². The SMILES string of the molecule is O=C(c1cccc(Br)c1)N1CCc2c([nH]c3ccccc23)C1. The van der Waals surface area contributed by atoms with Crippen LogP contribution in [0.15, 0.2) is 53.0 Å². The molecule has 0 bridgehead atoms. The Morgan fingerprint density at radius 1 is 1.14 bits per heavy atom. The van der Waals surface area contributed by atoms with Crippen LogP contribution in [0.25, 0.3) is 10.9 Å². The molecule has 0 aliphatic carbocycles. The number of para-hydroxylation sites is 1. The zero-order valence-electron chi connectivity index (χ0n) is 12.0. The lowest BCUT2D eigenvalue weighted by molar-refractivity contribution is 0.0733. The summed E-state index contributed by atoms with van der Waals surface area (Å²) in [7, 11) is 0. The predicted molar refractivity (Wildman–Crippen MR) is 90.9 cm³/mol. The summed E-state index contributed by atoms with van der Waals surface area (Å²) in [6.45, 7) is 1.41. The third kappa shape index (κ3) is 2.24. The van der Waals surface area contributed by atoms with E-state index in [9.17, 15) is 4.79 Å². The molecule has 3 nitrogen and oxygen atoms in total.